The molecule has 0 aliphatic heterocycles. The normalized spacial score (nSPS) is 17.7. The molecule has 1 aliphatic rings. The molecule has 0 bridgehead atoms. The Hall–Kier alpha value is -4.44. The van der Waals surface area contributed by atoms with Gasteiger partial charge in [-0.3, -0.25) is 4.68 Å². The highest BCUT2D eigenvalue weighted by molar-refractivity contribution is 6.99. The van der Waals surface area contributed by atoms with Gasteiger partial charge in [0.1, 0.15) is 0 Å². The number of allylic oxidation sites excluding steroid dienone is 1. The lowest BCUT2D eigenvalue weighted by Gasteiger charge is -2.43. The molecule has 0 saturated carbocycles. The fraction of sp³-hybridized carbons (Fsp3) is 0.275. The number of aromatic nitrogens is 2. The van der Waals surface area contributed by atoms with E-state index in [0.29, 0.717) is 36.2 Å². The van der Waals surface area contributed by atoms with Gasteiger partial charge in [0.05, 0.1) is 28.4 Å². The predicted molar refractivity (Wildman–Crippen MR) is 195 cm³/mol. The Bertz CT molecular complexity index is 1960. The van der Waals surface area contributed by atoms with E-state index in [-0.39, 0.29) is 16.6 Å². The molecule has 0 spiro atoms. The Balaban J connectivity index is 1.40. The fourth-order valence-corrected chi connectivity index (χ4v) is 11.7. The minimum Gasteiger partial charge on any atom is -0.407 e. The SMILES string of the molecule is CC(CCO[Si](c1ccccc1)(c1ccccc1)C(C)(C)C)n1nc2cc(-c3ccccc3C(F)(F)F)ccc2c1C1(N)C=CC(N)=CC1. The molecule has 1 heterocycles. The van der Waals surface area contributed by atoms with Crippen LogP contribution in [0.15, 0.2) is 127 Å². The van der Waals surface area contributed by atoms with Crippen LogP contribution in [-0.4, -0.2) is 24.7 Å². The van der Waals surface area contributed by atoms with Crippen molar-refractivity contribution in [1.82, 2.24) is 9.78 Å². The maximum absolute atomic E-state index is 14.0. The van der Waals surface area contributed by atoms with E-state index in [2.05, 4.69) is 76.2 Å². The van der Waals surface area contributed by atoms with Crippen molar-refractivity contribution in [3.8, 4) is 11.1 Å². The summed E-state index contributed by atoms with van der Waals surface area (Å²) in [6.45, 7) is 9.31. The van der Waals surface area contributed by atoms with Gasteiger partial charge in [0.2, 0.25) is 0 Å². The van der Waals surface area contributed by atoms with E-state index in [4.69, 9.17) is 21.0 Å². The van der Waals surface area contributed by atoms with Gasteiger partial charge in [-0.25, -0.2) is 0 Å². The van der Waals surface area contributed by atoms with Crippen LogP contribution in [-0.2, 0) is 16.1 Å². The van der Waals surface area contributed by atoms with Crippen molar-refractivity contribution < 1.29 is 17.6 Å². The first kappa shape index (κ1) is 34.4. The van der Waals surface area contributed by atoms with Crippen molar-refractivity contribution in [1.29, 1.82) is 0 Å². The molecule has 0 fully saturated rings. The largest absolute Gasteiger partial charge is 0.417 e. The van der Waals surface area contributed by atoms with E-state index in [9.17, 15) is 13.2 Å². The van der Waals surface area contributed by atoms with Crippen molar-refractivity contribution in [2.45, 2.75) is 63.3 Å². The van der Waals surface area contributed by atoms with Gasteiger partial charge in [-0.1, -0.05) is 124 Å². The van der Waals surface area contributed by atoms with Crippen molar-refractivity contribution >= 4 is 29.6 Å². The Labute approximate surface area is 287 Å². The zero-order chi connectivity index (χ0) is 35.0. The molecule has 0 radical (unpaired) electrons. The maximum atomic E-state index is 14.0. The van der Waals surface area contributed by atoms with Gasteiger partial charge < -0.3 is 15.9 Å². The van der Waals surface area contributed by atoms with Crippen LogP contribution in [0.25, 0.3) is 22.0 Å². The van der Waals surface area contributed by atoms with Crippen LogP contribution < -0.4 is 21.8 Å². The molecule has 1 aromatic heterocycles. The molecule has 0 amide bonds. The molecule has 2 unspecified atom stereocenters. The number of nitrogens with two attached hydrogens (primary N) is 2. The van der Waals surface area contributed by atoms with E-state index in [1.807, 2.05) is 35.0 Å². The van der Waals surface area contributed by atoms with Crippen LogP contribution in [0.3, 0.4) is 0 Å². The average molecular weight is 681 g/mol. The summed E-state index contributed by atoms with van der Waals surface area (Å²) in [5, 5.41) is 8.06. The monoisotopic (exact) mass is 680 g/mol. The molecule has 0 saturated heterocycles. The lowest BCUT2D eigenvalue weighted by atomic mass is 9.85. The summed E-state index contributed by atoms with van der Waals surface area (Å²) in [5.74, 6) is 0. The molecule has 1 aliphatic carbocycles. The molecule has 49 heavy (non-hydrogen) atoms. The van der Waals surface area contributed by atoms with Gasteiger partial charge in [0.15, 0.2) is 0 Å². The van der Waals surface area contributed by atoms with Crippen molar-refractivity contribution in [3.63, 3.8) is 0 Å². The first-order valence-corrected chi connectivity index (χ1v) is 18.5. The van der Waals surface area contributed by atoms with Gasteiger partial charge >= 0.3 is 6.18 Å². The fourth-order valence-electron chi connectivity index (χ4n) is 7.15. The van der Waals surface area contributed by atoms with Crippen LogP contribution in [0.1, 0.15) is 57.8 Å². The van der Waals surface area contributed by atoms with Crippen molar-refractivity contribution in [2.75, 3.05) is 6.61 Å². The summed E-state index contributed by atoms with van der Waals surface area (Å²) in [5.41, 5.74) is 14.1. The summed E-state index contributed by atoms with van der Waals surface area (Å²) in [6.07, 6.45) is 2.20. The lowest BCUT2D eigenvalue weighted by molar-refractivity contribution is -0.137. The lowest BCUT2D eigenvalue weighted by Crippen LogP contribution is -2.66. The van der Waals surface area contributed by atoms with Crippen LogP contribution in [0, 0.1) is 0 Å². The van der Waals surface area contributed by atoms with E-state index in [1.165, 1.54) is 22.5 Å². The molecular formula is C40H43F3N4OSi. The smallest absolute Gasteiger partial charge is 0.407 e. The Kier molecular flexibility index (Phi) is 9.21. The number of hydrogen-bond donors (Lipinski definition) is 2. The van der Waals surface area contributed by atoms with Gasteiger partial charge in [0.25, 0.3) is 8.32 Å². The Morgan fingerprint density at radius 2 is 1.51 bits per heavy atom. The standard InChI is InChI=1S/C40H43F3N4OSi/c1-28(23-26-48-49(38(2,3)4,31-13-7-5-8-14-31)32-15-9-6-10-16-32)47-37(39(45)24-21-30(44)22-25-39)34-20-19-29(27-36(34)46-47)33-17-11-12-18-35(33)40(41,42)43/h5-22,24,27-28H,23,25-26,44-45H2,1-4H3. The third kappa shape index (κ3) is 6.50. The third-order valence-electron chi connectivity index (χ3n) is 9.62. The minimum atomic E-state index is -4.49. The molecule has 254 valence electrons. The summed E-state index contributed by atoms with van der Waals surface area (Å²) in [6, 6.07) is 31.8. The number of hydrogen-bond acceptors (Lipinski definition) is 4. The molecule has 5 aromatic rings. The zero-order valence-electron chi connectivity index (χ0n) is 28.3. The van der Waals surface area contributed by atoms with Crippen molar-refractivity contribution in [2.24, 2.45) is 11.5 Å². The number of nitrogens with zero attached hydrogens (tertiary/aromatic N) is 2. The number of halogens is 3. The van der Waals surface area contributed by atoms with E-state index in [1.54, 1.807) is 24.3 Å². The average Bonchev–Trinajstić information content (AvgIpc) is 3.48. The van der Waals surface area contributed by atoms with E-state index in [0.717, 1.165) is 17.1 Å². The quantitative estimate of drug-likeness (QED) is 0.154. The highest BCUT2D eigenvalue weighted by Gasteiger charge is 2.50. The van der Waals surface area contributed by atoms with Crippen molar-refractivity contribution in [3.05, 3.63) is 138 Å². The molecule has 2 atom stereocenters. The molecule has 9 heteroatoms. The van der Waals surface area contributed by atoms with Crippen LogP contribution in [0.5, 0.6) is 0 Å². The number of alkyl halides is 3. The minimum absolute atomic E-state index is 0.107. The van der Waals surface area contributed by atoms with Gasteiger partial charge in [-0.05, 0) is 64.5 Å². The summed E-state index contributed by atoms with van der Waals surface area (Å²) in [7, 11) is -2.76. The van der Waals surface area contributed by atoms with Crippen LogP contribution in [0.2, 0.25) is 5.04 Å². The van der Waals surface area contributed by atoms with Crippen LogP contribution >= 0.6 is 0 Å². The topological polar surface area (TPSA) is 79.1 Å². The summed E-state index contributed by atoms with van der Waals surface area (Å²) < 4.78 is 51.1. The molecule has 4 N–H and O–H groups in total. The summed E-state index contributed by atoms with van der Waals surface area (Å²) >= 11 is 0. The highest BCUT2D eigenvalue weighted by Crippen LogP contribution is 2.41. The van der Waals surface area contributed by atoms with E-state index < -0.39 is 25.6 Å². The van der Waals surface area contributed by atoms with Gasteiger partial charge in [-0.2, -0.15) is 18.3 Å². The molecular weight excluding hydrogens is 638 g/mol. The predicted octanol–water partition coefficient (Wildman–Crippen LogP) is 8.21. The first-order chi connectivity index (χ1) is 23.2. The zero-order valence-corrected chi connectivity index (χ0v) is 29.3. The molecule has 6 rings (SSSR count). The highest BCUT2D eigenvalue weighted by atomic mass is 28.4. The van der Waals surface area contributed by atoms with Gasteiger partial charge in [-0.15, -0.1) is 0 Å². The number of rotatable bonds is 9. The number of fused-ring (bicyclic) bond motifs is 1. The molecule has 4 aromatic carbocycles. The second-order valence-electron chi connectivity index (χ2n) is 14.0. The number of benzene rings is 4. The second-order valence-corrected chi connectivity index (χ2v) is 18.3. The Morgan fingerprint density at radius 3 is 2.08 bits per heavy atom. The van der Waals surface area contributed by atoms with E-state index >= 15 is 0 Å². The molecule has 5 nitrogen and oxygen atoms in total. The summed E-state index contributed by atoms with van der Waals surface area (Å²) in [4.78, 5) is 0. The van der Waals surface area contributed by atoms with Gasteiger partial charge in [0, 0.05) is 17.7 Å². The van der Waals surface area contributed by atoms with Crippen LogP contribution in [0.4, 0.5) is 13.2 Å². The first-order valence-electron chi connectivity index (χ1n) is 16.6. The second kappa shape index (κ2) is 13.1. The third-order valence-corrected chi connectivity index (χ3v) is 14.7. The Morgan fingerprint density at radius 1 is 0.898 bits per heavy atom. The maximum Gasteiger partial charge on any atom is 0.417 e.